The molecule has 2 fully saturated rings. The highest BCUT2D eigenvalue weighted by Crippen LogP contribution is 2.33. The van der Waals surface area contributed by atoms with Gasteiger partial charge in [0.2, 0.25) is 0 Å². The van der Waals surface area contributed by atoms with Crippen LogP contribution in [-0.4, -0.2) is 50.7 Å². The average Bonchev–Trinajstić information content (AvgIpc) is 3.47. The molecule has 7 heteroatoms. The van der Waals surface area contributed by atoms with Gasteiger partial charge < -0.3 is 14.4 Å². The van der Waals surface area contributed by atoms with Gasteiger partial charge in [-0.05, 0) is 37.8 Å². The summed E-state index contributed by atoms with van der Waals surface area (Å²) in [4.78, 5) is 23.4. The van der Waals surface area contributed by atoms with Crippen molar-refractivity contribution in [1.82, 2.24) is 24.5 Å². The van der Waals surface area contributed by atoms with Gasteiger partial charge in [0.15, 0.2) is 11.6 Å². The third-order valence-corrected chi connectivity index (χ3v) is 5.96. The van der Waals surface area contributed by atoms with Crippen molar-refractivity contribution in [2.75, 3.05) is 36.0 Å². The van der Waals surface area contributed by atoms with Crippen LogP contribution in [0.5, 0.6) is 0 Å². The van der Waals surface area contributed by atoms with Crippen LogP contribution in [0, 0.1) is 0 Å². The van der Waals surface area contributed by atoms with Gasteiger partial charge in [-0.25, -0.2) is 15.0 Å². The van der Waals surface area contributed by atoms with E-state index >= 15 is 0 Å². The standard InChI is InChI=1S/C22H27N7/c1-2-8-23-19(7-1)17-29-15-11-26-20(29)18-6-5-14-28(16-18)22-21(24-9-10-25-22)27-12-3-4-13-27/h1-2,7-11,15,18H,3-6,12-14,16-17H2/t18-/m0/s1. The van der Waals surface area contributed by atoms with Gasteiger partial charge in [0.1, 0.15) is 5.82 Å². The fourth-order valence-corrected chi connectivity index (χ4v) is 4.56. The molecule has 29 heavy (non-hydrogen) atoms. The zero-order valence-electron chi connectivity index (χ0n) is 16.7. The SMILES string of the molecule is c1ccc(Cn2ccnc2[C@H]2CCCN(c3nccnc3N3CCCC3)C2)nc1. The summed E-state index contributed by atoms with van der Waals surface area (Å²) in [6.45, 7) is 4.88. The largest absolute Gasteiger partial charge is 0.354 e. The Labute approximate surface area is 171 Å². The third kappa shape index (κ3) is 3.81. The Kier molecular flexibility index (Phi) is 5.11. The van der Waals surface area contributed by atoms with Crippen LogP contribution >= 0.6 is 0 Å². The maximum atomic E-state index is 4.74. The van der Waals surface area contributed by atoms with Crippen LogP contribution < -0.4 is 9.80 Å². The highest BCUT2D eigenvalue weighted by Gasteiger charge is 2.29. The number of nitrogens with zero attached hydrogens (tertiary/aromatic N) is 7. The van der Waals surface area contributed by atoms with Crippen molar-refractivity contribution in [3.05, 3.63) is 60.7 Å². The van der Waals surface area contributed by atoms with Crippen LogP contribution in [0.3, 0.4) is 0 Å². The number of aromatic nitrogens is 5. The fraction of sp³-hybridized carbons (Fsp3) is 0.455. The van der Waals surface area contributed by atoms with Crippen LogP contribution in [0.2, 0.25) is 0 Å². The van der Waals surface area contributed by atoms with E-state index in [2.05, 4.69) is 36.6 Å². The summed E-state index contributed by atoms with van der Waals surface area (Å²) < 4.78 is 2.24. The second kappa shape index (κ2) is 8.19. The Morgan fingerprint density at radius 1 is 0.793 bits per heavy atom. The second-order valence-corrected chi connectivity index (χ2v) is 7.92. The number of hydrogen-bond donors (Lipinski definition) is 0. The zero-order valence-corrected chi connectivity index (χ0v) is 16.7. The molecule has 2 aliphatic rings. The molecule has 3 aromatic heterocycles. The van der Waals surface area contributed by atoms with E-state index in [4.69, 9.17) is 9.97 Å². The van der Waals surface area contributed by atoms with Gasteiger partial charge in [-0.2, -0.15) is 0 Å². The number of imidazole rings is 1. The maximum absolute atomic E-state index is 4.74. The van der Waals surface area contributed by atoms with Crippen molar-refractivity contribution in [2.45, 2.75) is 38.1 Å². The number of anilines is 2. The van der Waals surface area contributed by atoms with Gasteiger partial charge in [0, 0.05) is 63.1 Å². The fourth-order valence-electron chi connectivity index (χ4n) is 4.56. The van der Waals surface area contributed by atoms with E-state index in [0.717, 1.165) is 68.7 Å². The van der Waals surface area contributed by atoms with Crippen molar-refractivity contribution in [3.8, 4) is 0 Å². The molecule has 5 heterocycles. The molecule has 0 amide bonds. The molecule has 0 saturated carbocycles. The van der Waals surface area contributed by atoms with Gasteiger partial charge in [0.05, 0.1) is 12.2 Å². The highest BCUT2D eigenvalue weighted by molar-refractivity contribution is 5.63. The molecule has 0 radical (unpaired) electrons. The molecule has 1 atom stereocenters. The van der Waals surface area contributed by atoms with E-state index in [-0.39, 0.29) is 0 Å². The number of hydrogen-bond acceptors (Lipinski definition) is 6. The zero-order chi connectivity index (χ0) is 19.5. The molecule has 7 nitrogen and oxygen atoms in total. The Bertz CT molecular complexity index is 933. The molecule has 0 N–H and O–H groups in total. The molecule has 150 valence electrons. The Morgan fingerprint density at radius 2 is 1.59 bits per heavy atom. The molecule has 3 aromatic rings. The molecule has 2 aliphatic heterocycles. The van der Waals surface area contributed by atoms with Crippen LogP contribution in [0.4, 0.5) is 11.6 Å². The summed E-state index contributed by atoms with van der Waals surface area (Å²) in [6.07, 6.45) is 14.2. The summed E-state index contributed by atoms with van der Waals surface area (Å²) in [5.74, 6) is 3.60. The first-order valence-electron chi connectivity index (χ1n) is 10.6. The number of rotatable bonds is 5. The molecule has 0 spiro atoms. The lowest BCUT2D eigenvalue weighted by Crippen LogP contribution is -2.37. The van der Waals surface area contributed by atoms with Crippen LogP contribution in [0.25, 0.3) is 0 Å². The molecular formula is C22H27N7. The lowest BCUT2D eigenvalue weighted by molar-refractivity contribution is 0.473. The first-order chi connectivity index (χ1) is 14.4. The number of piperidine rings is 1. The van der Waals surface area contributed by atoms with Gasteiger partial charge in [0.25, 0.3) is 0 Å². The van der Waals surface area contributed by atoms with E-state index in [0.29, 0.717) is 5.92 Å². The molecule has 0 unspecified atom stereocenters. The van der Waals surface area contributed by atoms with Crippen molar-refractivity contribution in [3.63, 3.8) is 0 Å². The van der Waals surface area contributed by atoms with Crippen LogP contribution in [0.15, 0.2) is 49.2 Å². The third-order valence-electron chi connectivity index (χ3n) is 5.96. The summed E-state index contributed by atoms with van der Waals surface area (Å²) >= 11 is 0. The van der Waals surface area contributed by atoms with Crippen molar-refractivity contribution >= 4 is 11.6 Å². The minimum absolute atomic E-state index is 0.385. The van der Waals surface area contributed by atoms with Gasteiger partial charge in [-0.1, -0.05) is 6.07 Å². The monoisotopic (exact) mass is 389 g/mol. The maximum Gasteiger partial charge on any atom is 0.172 e. The van der Waals surface area contributed by atoms with Gasteiger partial charge in [-0.15, -0.1) is 0 Å². The van der Waals surface area contributed by atoms with Gasteiger partial charge >= 0.3 is 0 Å². The Hall–Kier alpha value is -2.96. The molecule has 0 bridgehead atoms. The van der Waals surface area contributed by atoms with Crippen molar-refractivity contribution in [1.29, 1.82) is 0 Å². The quantitative estimate of drug-likeness (QED) is 0.668. The van der Waals surface area contributed by atoms with Crippen LogP contribution in [0.1, 0.15) is 43.1 Å². The lowest BCUT2D eigenvalue weighted by Gasteiger charge is -2.35. The molecule has 0 aliphatic carbocycles. The summed E-state index contributed by atoms with van der Waals surface area (Å²) in [6, 6.07) is 6.06. The normalized spacial score (nSPS) is 19.7. The van der Waals surface area contributed by atoms with Crippen LogP contribution in [-0.2, 0) is 6.54 Å². The minimum atomic E-state index is 0.385. The Morgan fingerprint density at radius 3 is 2.38 bits per heavy atom. The predicted octanol–water partition coefficient (Wildman–Crippen LogP) is 3.10. The summed E-state index contributed by atoms with van der Waals surface area (Å²) in [7, 11) is 0. The summed E-state index contributed by atoms with van der Waals surface area (Å²) in [5.41, 5.74) is 1.06. The van der Waals surface area contributed by atoms with E-state index in [1.807, 2.05) is 36.9 Å². The topological polar surface area (TPSA) is 63.0 Å². The molecule has 2 saturated heterocycles. The molecular weight excluding hydrogens is 362 g/mol. The first-order valence-corrected chi connectivity index (χ1v) is 10.6. The first kappa shape index (κ1) is 18.1. The second-order valence-electron chi connectivity index (χ2n) is 7.92. The predicted molar refractivity (Wildman–Crippen MR) is 113 cm³/mol. The van der Waals surface area contributed by atoms with E-state index in [1.54, 1.807) is 0 Å². The smallest absolute Gasteiger partial charge is 0.172 e. The van der Waals surface area contributed by atoms with Crippen molar-refractivity contribution < 1.29 is 0 Å². The summed E-state index contributed by atoms with van der Waals surface area (Å²) in [5, 5.41) is 0. The molecule has 5 rings (SSSR count). The lowest BCUT2D eigenvalue weighted by atomic mass is 9.97. The molecule has 0 aromatic carbocycles. The number of pyridine rings is 1. The van der Waals surface area contributed by atoms with E-state index in [9.17, 15) is 0 Å². The average molecular weight is 390 g/mol. The van der Waals surface area contributed by atoms with E-state index in [1.165, 1.54) is 12.8 Å². The van der Waals surface area contributed by atoms with Crippen molar-refractivity contribution in [2.24, 2.45) is 0 Å². The highest BCUT2D eigenvalue weighted by atomic mass is 15.3. The minimum Gasteiger partial charge on any atom is -0.354 e. The van der Waals surface area contributed by atoms with E-state index < -0.39 is 0 Å². The Balaban J connectivity index is 1.37. The van der Waals surface area contributed by atoms with Gasteiger partial charge in [-0.3, -0.25) is 4.98 Å².